The third-order valence-electron chi connectivity index (χ3n) is 3.58. The first-order valence-electron chi connectivity index (χ1n) is 6.82. The highest BCUT2D eigenvalue weighted by Gasteiger charge is 2.30. The minimum Gasteiger partial charge on any atom is -0.390 e. The largest absolute Gasteiger partial charge is 0.390 e. The van der Waals surface area contributed by atoms with Gasteiger partial charge in [-0.25, -0.2) is 8.42 Å². The molecule has 0 saturated carbocycles. The summed E-state index contributed by atoms with van der Waals surface area (Å²) in [4.78, 5) is 2.15. The first-order chi connectivity index (χ1) is 8.49. The van der Waals surface area contributed by atoms with Crippen LogP contribution in [0.3, 0.4) is 0 Å². The fourth-order valence-corrected chi connectivity index (χ4v) is 4.14. The predicted octanol–water partition coefficient (Wildman–Crippen LogP) is -0.144. The fourth-order valence-electron chi connectivity index (χ4n) is 2.34. The molecule has 0 aromatic rings. The minimum atomic E-state index is -2.87. The maximum absolute atomic E-state index is 11.6. The van der Waals surface area contributed by atoms with Crippen molar-refractivity contribution in [3.8, 4) is 0 Å². The summed E-state index contributed by atoms with van der Waals surface area (Å²) >= 11 is 0. The lowest BCUT2D eigenvalue weighted by Crippen LogP contribution is -2.40. The smallest absolute Gasteiger partial charge is 0.154 e. The average molecular weight is 278 g/mol. The zero-order valence-electron chi connectivity index (χ0n) is 11.4. The number of hydrogen-bond acceptors (Lipinski definition) is 5. The number of hydrogen-bond donors (Lipinski definition) is 2. The zero-order chi connectivity index (χ0) is 13.6. The molecule has 0 aliphatic carbocycles. The third-order valence-corrected chi connectivity index (χ3v) is 5.85. The molecular formula is C12H26N2O3S. The van der Waals surface area contributed by atoms with Gasteiger partial charge in [0.15, 0.2) is 9.84 Å². The Balaban J connectivity index is 2.21. The lowest BCUT2D eigenvalue weighted by Gasteiger charge is -2.22. The van der Waals surface area contributed by atoms with E-state index in [0.717, 1.165) is 25.9 Å². The molecule has 0 bridgehead atoms. The lowest BCUT2D eigenvalue weighted by molar-refractivity contribution is 0.117. The van der Waals surface area contributed by atoms with Crippen LogP contribution >= 0.6 is 0 Å². The molecule has 0 amide bonds. The van der Waals surface area contributed by atoms with Crippen molar-refractivity contribution in [2.45, 2.75) is 38.0 Å². The Labute approximate surface area is 110 Å². The molecule has 0 aromatic carbocycles. The average Bonchev–Trinajstić information content (AvgIpc) is 2.66. The molecule has 1 aliphatic rings. The standard InChI is InChI=1S/C12H26N2O3S/c1-3-14(4-2)10-11(15)8-13-9-12-6-5-7-18(12,16)17/h11-13,15H,3-10H2,1-2H3. The normalized spacial score (nSPS) is 24.6. The van der Waals surface area contributed by atoms with Crippen LogP contribution in [-0.4, -0.2) is 68.3 Å². The van der Waals surface area contributed by atoms with E-state index in [1.54, 1.807) is 0 Å². The van der Waals surface area contributed by atoms with Gasteiger partial charge >= 0.3 is 0 Å². The van der Waals surface area contributed by atoms with E-state index in [1.165, 1.54) is 0 Å². The summed E-state index contributed by atoms with van der Waals surface area (Å²) in [5, 5.41) is 12.7. The number of likely N-dealkylation sites (N-methyl/N-ethyl adjacent to an activating group) is 1. The van der Waals surface area contributed by atoms with E-state index >= 15 is 0 Å². The molecule has 1 rings (SSSR count). The maximum Gasteiger partial charge on any atom is 0.154 e. The molecular weight excluding hydrogens is 252 g/mol. The molecule has 1 saturated heterocycles. The van der Waals surface area contributed by atoms with Gasteiger partial charge in [-0.15, -0.1) is 0 Å². The van der Waals surface area contributed by atoms with Gasteiger partial charge in [-0.2, -0.15) is 0 Å². The summed E-state index contributed by atoms with van der Waals surface area (Å²) in [6.07, 6.45) is 1.09. The minimum absolute atomic E-state index is 0.252. The van der Waals surface area contributed by atoms with Crippen LogP contribution in [0.2, 0.25) is 0 Å². The Bertz CT molecular complexity index is 328. The number of rotatable bonds is 8. The van der Waals surface area contributed by atoms with Crippen LogP contribution in [0.1, 0.15) is 26.7 Å². The predicted molar refractivity (Wildman–Crippen MR) is 73.5 cm³/mol. The summed E-state index contributed by atoms with van der Waals surface area (Å²) in [5.41, 5.74) is 0. The molecule has 18 heavy (non-hydrogen) atoms. The van der Waals surface area contributed by atoms with Gasteiger partial charge in [0.1, 0.15) is 0 Å². The Morgan fingerprint density at radius 3 is 2.56 bits per heavy atom. The van der Waals surface area contributed by atoms with E-state index in [9.17, 15) is 13.5 Å². The Morgan fingerprint density at radius 2 is 2.06 bits per heavy atom. The fraction of sp³-hybridized carbons (Fsp3) is 1.00. The highest BCUT2D eigenvalue weighted by Crippen LogP contribution is 2.18. The van der Waals surface area contributed by atoms with Crippen LogP contribution in [0.5, 0.6) is 0 Å². The molecule has 2 atom stereocenters. The van der Waals surface area contributed by atoms with Gasteiger partial charge in [-0.1, -0.05) is 13.8 Å². The Hall–Kier alpha value is -0.170. The number of sulfone groups is 1. The van der Waals surface area contributed by atoms with Crippen LogP contribution in [0.4, 0.5) is 0 Å². The maximum atomic E-state index is 11.6. The summed E-state index contributed by atoms with van der Waals surface area (Å²) < 4.78 is 23.2. The lowest BCUT2D eigenvalue weighted by atomic mass is 10.2. The molecule has 0 aromatic heterocycles. The van der Waals surface area contributed by atoms with Gasteiger partial charge in [0.2, 0.25) is 0 Å². The molecule has 0 spiro atoms. The van der Waals surface area contributed by atoms with Crippen molar-refractivity contribution >= 4 is 9.84 Å². The van der Waals surface area contributed by atoms with Crippen molar-refractivity contribution in [3.63, 3.8) is 0 Å². The van der Waals surface area contributed by atoms with Gasteiger partial charge < -0.3 is 15.3 Å². The van der Waals surface area contributed by atoms with Crippen molar-refractivity contribution in [1.82, 2.24) is 10.2 Å². The van der Waals surface area contributed by atoms with Crippen LogP contribution in [0, 0.1) is 0 Å². The summed E-state index contributed by atoms with van der Waals surface area (Å²) in [7, 11) is -2.87. The van der Waals surface area contributed by atoms with Crippen molar-refractivity contribution < 1.29 is 13.5 Å². The molecule has 1 fully saturated rings. The van der Waals surface area contributed by atoms with Crippen molar-refractivity contribution in [2.24, 2.45) is 0 Å². The molecule has 108 valence electrons. The molecule has 0 radical (unpaired) electrons. The molecule has 2 unspecified atom stereocenters. The Kier molecular flexibility index (Phi) is 6.55. The highest BCUT2D eigenvalue weighted by atomic mass is 32.2. The second kappa shape index (κ2) is 7.43. The summed E-state index contributed by atoms with van der Waals surface area (Å²) in [5.74, 6) is 0.321. The third kappa shape index (κ3) is 4.84. The van der Waals surface area contributed by atoms with E-state index in [1.807, 2.05) is 0 Å². The van der Waals surface area contributed by atoms with Gasteiger partial charge in [-0.3, -0.25) is 0 Å². The quantitative estimate of drug-likeness (QED) is 0.646. The van der Waals surface area contributed by atoms with Gasteiger partial charge in [-0.05, 0) is 25.9 Å². The topological polar surface area (TPSA) is 69.6 Å². The van der Waals surface area contributed by atoms with Crippen molar-refractivity contribution in [2.75, 3.05) is 38.5 Å². The van der Waals surface area contributed by atoms with Gasteiger partial charge in [0, 0.05) is 19.6 Å². The van der Waals surface area contributed by atoms with Crippen LogP contribution in [0.15, 0.2) is 0 Å². The zero-order valence-corrected chi connectivity index (χ0v) is 12.2. The van der Waals surface area contributed by atoms with E-state index in [-0.39, 0.29) is 5.25 Å². The molecule has 2 N–H and O–H groups in total. The highest BCUT2D eigenvalue weighted by molar-refractivity contribution is 7.92. The Morgan fingerprint density at radius 1 is 1.39 bits per heavy atom. The summed E-state index contributed by atoms with van der Waals surface area (Å²) in [6, 6.07) is 0. The van der Waals surface area contributed by atoms with Gasteiger partial charge in [0.05, 0.1) is 17.1 Å². The van der Waals surface area contributed by atoms with E-state index in [0.29, 0.717) is 25.4 Å². The molecule has 1 heterocycles. The van der Waals surface area contributed by atoms with E-state index < -0.39 is 15.9 Å². The second-order valence-corrected chi connectivity index (χ2v) is 7.33. The van der Waals surface area contributed by atoms with Crippen molar-refractivity contribution in [1.29, 1.82) is 0 Å². The SMILES string of the molecule is CCN(CC)CC(O)CNCC1CCCS1(=O)=O. The molecule has 1 aliphatic heterocycles. The van der Waals surface area contributed by atoms with Gasteiger partial charge in [0.25, 0.3) is 0 Å². The van der Waals surface area contributed by atoms with Crippen LogP contribution < -0.4 is 5.32 Å². The van der Waals surface area contributed by atoms with E-state index in [2.05, 4.69) is 24.1 Å². The number of nitrogens with zero attached hydrogens (tertiary/aromatic N) is 1. The monoisotopic (exact) mass is 278 g/mol. The molecule has 6 heteroatoms. The number of aliphatic hydroxyl groups is 1. The first kappa shape index (κ1) is 15.9. The number of aliphatic hydroxyl groups excluding tert-OH is 1. The van der Waals surface area contributed by atoms with Crippen LogP contribution in [-0.2, 0) is 9.84 Å². The molecule has 5 nitrogen and oxygen atoms in total. The second-order valence-electron chi connectivity index (χ2n) is 4.93. The summed E-state index contributed by atoms with van der Waals surface area (Å²) in [6.45, 7) is 7.54. The van der Waals surface area contributed by atoms with Crippen LogP contribution in [0.25, 0.3) is 0 Å². The number of nitrogens with one attached hydrogen (secondary N) is 1. The van der Waals surface area contributed by atoms with Crippen molar-refractivity contribution in [3.05, 3.63) is 0 Å². The van der Waals surface area contributed by atoms with E-state index in [4.69, 9.17) is 0 Å². The first-order valence-corrected chi connectivity index (χ1v) is 8.53.